The van der Waals surface area contributed by atoms with Crippen LogP contribution in [0, 0.1) is 36.9 Å². The third-order valence-corrected chi connectivity index (χ3v) is 15.3. The van der Waals surface area contributed by atoms with Gasteiger partial charge in [0, 0.05) is 66.2 Å². The average Bonchev–Trinajstić information content (AvgIpc) is 1.61. The molecule has 0 bridgehead atoms. The number of nitrogens with zero attached hydrogens (tertiary/aromatic N) is 4. The zero-order valence-electron chi connectivity index (χ0n) is 60.3. The van der Waals surface area contributed by atoms with Crippen LogP contribution in [0.15, 0.2) is 273 Å². The number of para-hydroxylation sites is 7. The van der Waals surface area contributed by atoms with Crippen LogP contribution in [0.5, 0.6) is 0 Å². The summed E-state index contributed by atoms with van der Waals surface area (Å²) in [5.41, 5.74) is 23.4. The van der Waals surface area contributed by atoms with Gasteiger partial charge >= 0.3 is 5.69 Å². The van der Waals surface area contributed by atoms with E-state index in [4.69, 9.17) is 38.0 Å². The zero-order valence-corrected chi connectivity index (χ0v) is 63.4. The van der Waals surface area contributed by atoms with Crippen LogP contribution in [0.4, 0.5) is 32.8 Å². The van der Waals surface area contributed by atoms with Crippen LogP contribution in [0.2, 0.25) is 0 Å². The van der Waals surface area contributed by atoms with E-state index < -0.39 is 27.8 Å². The minimum absolute atomic E-state index is 0. The number of nitrogens with one attached hydrogen (secondary N) is 2. The predicted molar refractivity (Wildman–Crippen MR) is 430 cm³/mol. The number of aryl methyl sites for hydroxylation is 4. The summed E-state index contributed by atoms with van der Waals surface area (Å²) in [6, 6.07) is 87.4. The Kier molecular flexibility index (Phi) is 38.3. The van der Waals surface area contributed by atoms with Crippen LogP contribution >= 0.6 is 35.6 Å². The van der Waals surface area contributed by atoms with E-state index in [1.165, 1.54) is 51.0 Å². The number of benzene rings is 10. The highest BCUT2D eigenvalue weighted by Gasteiger charge is 2.24. The lowest BCUT2D eigenvalue weighted by Crippen LogP contribution is -2.28. The summed E-state index contributed by atoms with van der Waals surface area (Å²) in [6.07, 6.45) is 3.58. The standard InChI is InChI=1S/C18H22N2O.C18H20N2.C14H13NO2.C14H15N.C7H9N.C6H4FNO2.C5H9ClO.C2H4O2.HI/c1-18(2,3)17(21)20-16-12-8-7-11-15(16)19-13-14-9-5-4-6-10-14;1-18(2,3)17-19-15-11-7-8-12-16(15)20(17)13-14-9-5-4-6-10-14;16-15(17)14-9-5-4-8-13(14)11-10-12-6-2-1-3-7-12;15-14-9-5-4-8-13(14)11-10-12-6-2-1-3-7-12;8-6-7-4-2-1-3-5-7;7-5-3-1-2-4-6(5)8(9)10;1-5(2,3)4(6)7;1-2(3)4;/h4-12,19H,13H2,1-3H3,(H,20,21);4-12H,13H2,1-3H3;1-9H,10-11H2;1-9H,10-11,15H2;1-5H,6,8H2;1-4H;1-3H3;1H3,(H,3,4);1H. The fourth-order valence-electron chi connectivity index (χ4n) is 9.15. The molecular formula is C84H97ClFIN8O8. The van der Waals surface area contributed by atoms with Gasteiger partial charge in [0.25, 0.3) is 11.7 Å². The monoisotopic (exact) mass is 1530 g/mol. The number of hydrogen-bond donors (Lipinski definition) is 5. The molecule has 0 aliphatic carbocycles. The van der Waals surface area contributed by atoms with Crippen molar-refractivity contribution in [3.63, 3.8) is 0 Å². The van der Waals surface area contributed by atoms with Crippen molar-refractivity contribution in [2.75, 3.05) is 16.4 Å². The molecule has 11 rings (SSSR count). The molecule has 1 amide bonds. The first-order valence-electron chi connectivity index (χ1n) is 33.3. The molecule has 0 saturated carbocycles. The molecule has 19 heteroatoms. The van der Waals surface area contributed by atoms with Crippen molar-refractivity contribution in [2.24, 2.45) is 16.6 Å². The van der Waals surface area contributed by atoms with Crippen LogP contribution in [0.25, 0.3) is 11.0 Å². The first-order valence-corrected chi connectivity index (χ1v) is 33.7. The SMILES string of the molecule is CC(=O)O.CC(C)(C)C(=O)Cl.CC(C)(C)C(=O)Nc1ccccc1NCc1ccccc1.CC(C)(C)c1nc2ccccc2n1Cc1ccccc1.I.NCc1ccccc1.Nc1ccccc1CCc1ccccc1.O=[N+]([O-])c1ccccc1CCc1ccccc1.O=[N+]([O-])c1ccccc1F. The van der Waals surface area contributed by atoms with Gasteiger partial charge in [0.2, 0.25) is 17.0 Å². The highest BCUT2D eigenvalue weighted by molar-refractivity contribution is 14.0. The summed E-state index contributed by atoms with van der Waals surface area (Å²) >= 11 is 5.11. The number of nitro benzene ring substituents is 2. The normalized spacial score (nSPS) is 10.3. The van der Waals surface area contributed by atoms with Crippen LogP contribution in [-0.4, -0.2) is 41.6 Å². The summed E-state index contributed by atoms with van der Waals surface area (Å²) in [6.45, 7) is 21.0. The van der Waals surface area contributed by atoms with Gasteiger partial charge in [-0.25, -0.2) is 4.98 Å². The summed E-state index contributed by atoms with van der Waals surface area (Å²) in [5, 5.41) is 34.3. The molecule has 1 heterocycles. The molecular weight excluding hydrogens is 1430 g/mol. The number of carboxylic acids is 1. The number of imidazole rings is 1. The Hall–Kier alpha value is -10.4. The van der Waals surface area contributed by atoms with Gasteiger partial charge in [-0.1, -0.05) is 287 Å². The van der Waals surface area contributed by atoms with E-state index in [1.54, 1.807) is 32.9 Å². The molecule has 0 atom stereocenters. The van der Waals surface area contributed by atoms with Gasteiger partial charge in [0.05, 0.1) is 32.3 Å². The van der Waals surface area contributed by atoms with Crippen molar-refractivity contribution in [1.29, 1.82) is 0 Å². The lowest BCUT2D eigenvalue weighted by atomic mass is 9.95. The molecule has 0 aliphatic rings. The number of nitrogen functional groups attached to an aromatic ring is 1. The van der Waals surface area contributed by atoms with E-state index in [0.29, 0.717) is 13.0 Å². The number of carbonyl (C=O) groups excluding carboxylic acids is 2. The molecule has 0 saturated heterocycles. The minimum atomic E-state index is -0.833. The predicted octanol–water partition coefficient (Wildman–Crippen LogP) is 20.5. The van der Waals surface area contributed by atoms with Gasteiger partial charge in [0.15, 0.2) is 0 Å². The molecule has 0 unspecified atom stereocenters. The molecule has 0 spiro atoms. The van der Waals surface area contributed by atoms with E-state index >= 15 is 0 Å². The second-order valence-electron chi connectivity index (χ2n) is 26.3. The number of anilines is 3. The Bertz CT molecular complexity index is 4300. The lowest BCUT2D eigenvalue weighted by Gasteiger charge is -2.20. The van der Waals surface area contributed by atoms with Crippen molar-refractivity contribution in [1.82, 2.24) is 9.55 Å². The number of amides is 1. The molecule has 0 radical (unpaired) electrons. The maximum atomic E-state index is 12.4. The van der Waals surface area contributed by atoms with E-state index in [0.717, 1.165) is 85.4 Å². The lowest BCUT2D eigenvalue weighted by molar-refractivity contribution is -0.387. The Morgan fingerprint density at radius 3 is 1.31 bits per heavy atom. The van der Waals surface area contributed by atoms with Crippen LogP contribution in [0.3, 0.4) is 0 Å². The van der Waals surface area contributed by atoms with Crippen molar-refractivity contribution in [3.8, 4) is 0 Å². The van der Waals surface area contributed by atoms with E-state index in [1.807, 2.05) is 160 Å². The number of rotatable bonds is 15. The Balaban J connectivity index is 0.000000317. The summed E-state index contributed by atoms with van der Waals surface area (Å²) < 4.78 is 14.7. The number of carboxylic acid groups (broad SMARTS) is 1. The molecule has 10 aromatic carbocycles. The largest absolute Gasteiger partial charge is 0.481 e. The van der Waals surface area contributed by atoms with Crippen molar-refractivity contribution in [3.05, 3.63) is 344 Å². The molecule has 0 fully saturated rings. The van der Waals surface area contributed by atoms with Crippen molar-refractivity contribution in [2.45, 2.75) is 120 Å². The third kappa shape index (κ3) is 33.7. The van der Waals surface area contributed by atoms with Crippen molar-refractivity contribution >= 4 is 92.2 Å². The summed E-state index contributed by atoms with van der Waals surface area (Å²) in [5.74, 6) is -0.480. The van der Waals surface area contributed by atoms with E-state index in [9.17, 15) is 34.2 Å². The zero-order chi connectivity index (χ0) is 75.1. The summed E-state index contributed by atoms with van der Waals surface area (Å²) in [4.78, 5) is 55.9. The first-order chi connectivity index (χ1) is 48.5. The fourth-order valence-corrected chi connectivity index (χ4v) is 9.15. The molecule has 542 valence electrons. The maximum absolute atomic E-state index is 12.4. The van der Waals surface area contributed by atoms with Gasteiger partial charge in [-0.3, -0.25) is 34.6 Å². The number of aromatic nitrogens is 2. The van der Waals surface area contributed by atoms with Gasteiger partial charge < -0.3 is 31.8 Å². The van der Waals surface area contributed by atoms with Gasteiger partial charge in [-0.2, -0.15) is 4.39 Å². The Morgan fingerprint density at radius 1 is 0.505 bits per heavy atom. The number of halogens is 3. The van der Waals surface area contributed by atoms with Gasteiger partial charge in [0.1, 0.15) is 5.82 Å². The number of hydrogen-bond acceptors (Lipinski definition) is 11. The smallest absolute Gasteiger partial charge is 0.304 e. The molecule has 1 aromatic heterocycles. The first kappa shape index (κ1) is 86.8. The number of carbonyl (C=O) groups is 3. The van der Waals surface area contributed by atoms with Gasteiger partial charge in [-0.15, -0.1) is 24.0 Å². The second kappa shape index (κ2) is 45.5. The molecule has 11 aromatic rings. The number of aliphatic carboxylic acids is 1. The van der Waals surface area contributed by atoms with E-state index in [-0.39, 0.29) is 56.6 Å². The van der Waals surface area contributed by atoms with Crippen LogP contribution < -0.4 is 22.1 Å². The average molecular weight is 1530 g/mol. The quantitative estimate of drug-likeness (QED) is 0.0211. The van der Waals surface area contributed by atoms with Crippen LogP contribution in [-0.2, 0) is 65.1 Å². The Morgan fingerprint density at radius 2 is 0.883 bits per heavy atom. The van der Waals surface area contributed by atoms with Gasteiger partial charge in [-0.05, 0) is 107 Å². The molecule has 16 nitrogen and oxygen atoms in total. The Labute approximate surface area is 628 Å². The topological polar surface area (TPSA) is 252 Å². The fraction of sp³-hybridized carbons (Fsp3) is 0.238. The summed E-state index contributed by atoms with van der Waals surface area (Å²) in [7, 11) is 0. The highest BCUT2D eigenvalue weighted by Crippen LogP contribution is 2.29. The van der Waals surface area contributed by atoms with E-state index in [2.05, 4.69) is 133 Å². The number of fused-ring (bicyclic) bond motifs is 1. The third-order valence-electron chi connectivity index (χ3n) is 14.7. The maximum Gasteiger partial charge on any atom is 0.304 e. The van der Waals surface area contributed by atoms with Crippen LogP contribution in [0.1, 0.15) is 114 Å². The number of nitrogens with two attached hydrogens (primary N) is 2. The van der Waals surface area contributed by atoms with Crippen molar-refractivity contribution < 1.29 is 33.7 Å². The number of nitro groups is 2. The second-order valence-corrected chi connectivity index (χ2v) is 26.7. The molecule has 0 aliphatic heterocycles. The highest BCUT2D eigenvalue weighted by atomic mass is 127. The molecule has 7 N–H and O–H groups in total. The molecule has 103 heavy (non-hydrogen) atoms. The minimum Gasteiger partial charge on any atom is -0.481 e.